The summed E-state index contributed by atoms with van der Waals surface area (Å²) < 4.78 is 0. The highest BCUT2D eigenvalue weighted by atomic mass is 79.9. The zero-order chi connectivity index (χ0) is 29.4. The molecule has 3 unspecified atom stereocenters. The summed E-state index contributed by atoms with van der Waals surface area (Å²) in [5.41, 5.74) is 4.26. The van der Waals surface area contributed by atoms with Crippen molar-refractivity contribution in [3.8, 4) is 10.4 Å². The number of β-amino-alcohol motifs (C(OH)–C–C–N with tert-alkyl or cyclic N) is 1. The predicted octanol–water partition coefficient (Wildman–Crippen LogP) is 5.13. The monoisotopic (exact) mass is 634 g/mol. The highest BCUT2D eigenvalue weighted by Gasteiger charge is 2.44. The standard InChI is InChI=1S/C30H43BrN4O4S/c1-19(21-11-13-22(14-12-21)26-20(2)32-18-40-26)33-28(38)24-16-23(36)17-35(24)29(39)27(30(3,4)5)34-25(37)10-8-6-7-9-15-31/h11-14,18-19,23-24,27,36H,6-10,15-17H2,1-5H3,(H,33,38)(H,34,37)/t19?,23?,24?,27-/m1/s1. The summed E-state index contributed by atoms with van der Waals surface area (Å²) in [6.45, 7) is 9.63. The molecule has 3 rings (SSSR count). The number of thiazole rings is 1. The van der Waals surface area contributed by atoms with Gasteiger partial charge in [0.2, 0.25) is 17.7 Å². The summed E-state index contributed by atoms with van der Waals surface area (Å²) in [6.07, 6.45) is 3.56. The van der Waals surface area contributed by atoms with Gasteiger partial charge in [-0.25, -0.2) is 4.98 Å². The van der Waals surface area contributed by atoms with E-state index in [4.69, 9.17) is 0 Å². The van der Waals surface area contributed by atoms with Gasteiger partial charge in [0.15, 0.2) is 0 Å². The number of nitrogens with one attached hydrogen (secondary N) is 2. The maximum atomic E-state index is 13.7. The minimum atomic E-state index is -0.810. The lowest BCUT2D eigenvalue weighted by Gasteiger charge is -2.35. The second-order valence-electron chi connectivity index (χ2n) is 11.7. The molecule has 220 valence electrons. The average Bonchev–Trinajstić information content (AvgIpc) is 3.51. The lowest BCUT2D eigenvalue weighted by Crippen LogP contribution is -2.57. The van der Waals surface area contributed by atoms with E-state index in [0.29, 0.717) is 6.42 Å². The Morgan fingerprint density at radius 2 is 1.80 bits per heavy atom. The topological polar surface area (TPSA) is 112 Å². The van der Waals surface area contributed by atoms with Crippen molar-refractivity contribution in [2.24, 2.45) is 5.41 Å². The third-order valence-electron chi connectivity index (χ3n) is 7.35. The van der Waals surface area contributed by atoms with Crippen LogP contribution in [0.4, 0.5) is 0 Å². The normalized spacial score (nSPS) is 18.8. The third kappa shape index (κ3) is 8.60. The van der Waals surface area contributed by atoms with E-state index < -0.39 is 23.6 Å². The van der Waals surface area contributed by atoms with E-state index in [1.165, 1.54) is 4.90 Å². The molecule has 0 radical (unpaired) electrons. The van der Waals surface area contributed by atoms with Crippen molar-refractivity contribution in [2.75, 3.05) is 11.9 Å². The molecule has 1 saturated heterocycles. The van der Waals surface area contributed by atoms with Gasteiger partial charge in [0.05, 0.1) is 28.2 Å². The second-order valence-corrected chi connectivity index (χ2v) is 13.4. The Balaban J connectivity index is 1.65. The fraction of sp³-hybridized carbons (Fsp3) is 0.600. The molecule has 3 N–H and O–H groups in total. The van der Waals surface area contributed by atoms with Gasteiger partial charge in [0.1, 0.15) is 12.1 Å². The molecule has 10 heteroatoms. The number of likely N-dealkylation sites (tertiary alicyclic amines) is 1. The molecule has 0 bridgehead atoms. The van der Waals surface area contributed by atoms with Crippen molar-refractivity contribution in [1.29, 1.82) is 0 Å². The van der Waals surface area contributed by atoms with Crippen LogP contribution in [-0.4, -0.2) is 62.8 Å². The number of halogens is 1. The van der Waals surface area contributed by atoms with Gasteiger partial charge in [-0.2, -0.15) is 0 Å². The van der Waals surface area contributed by atoms with Crippen molar-refractivity contribution in [3.05, 3.63) is 41.0 Å². The van der Waals surface area contributed by atoms with Crippen LogP contribution in [0.15, 0.2) is 29.8 Å². The molecule has 1 fully saturated rings. The smallest absolute Gasteiger partial charge is 0.246 e. The Kier molecular flexibility index (Phi) is 11.7. The SMILES string of the molecule is Cc1ncsc1-c1ccc(C(C)NC(=O)C2CC(O)CN2C(=O)[C@@H](NC(=O)CCCCCCBr)C(C)(C)C)cc1. The van der Waals surface area contributed by atoms with Crippen LogP contribution in [0.2, 0.25) is 0 Å². The molecule has 1 aliphatic rings. The van der Waals surface area contributed by atoms with Crippen LogP contribution in [0.1, 0.15) is 83.5 Å². The van der Waals surface area contributed by atoms with Crippen LogP contribution >= 0.6 is 27.3 Å². The number of benzene rings is 1. The summed E-state index contributed by atoms with van der Waals surface area (Å²) in [5.74, 6) is -0.821. The number of rotatable bonds is 12. The van der Waals surface area contributed by atoms with E-state index in [0.717, 1.165) is 52.7 Å². The van der Waals surface area contributed by atoms with Crippen LogP contribution in [0, 0.1) is 12.3 Å². The Labute approximate surface area is 250 Å². The first-order valence-electron chi connectivity index (χ1n) is 14.1. The zero-order valence-electron chi connectivity index (χ0n) is 24.2. The van der Waals surface area contributed by atoms with E-state index in [1.807, 2.05) is 64.4 Å². The van der Waals surface area contributed by atoms with Crippen molar-refractivity contribution < 1.29 is 19.5 Å². The van der Waals surface area contributed by atoms with Crippen molar-refractivity contribution in [2.45, 2.75) is 97.4 Å². The molecule has 2 heterocycles. The molecule has 1 aromatic carbocycles. The summed E-state index contributed by atoms with van der Waals surface area (Å²) in [6, 6.07) is 6.10. The fourth-order valence-corrected chi connectivity index (χ4v) is 6.19. The molecule has 1 aliphatic heterocycles. The maximum absolute atomic E-state index is 13.7. The van der Waals surface area contributed by atoms with Crippen LogP contribution in [-0.2, 0) is 14.4 Å². The van der Waals surface area contributed by atoms with Crippen LogP contribution < -0.4 is 10.6 Å². The molecule has 0 saturated carbocycles. The first-order chi connectivity index (χ1) is 18.9. The molecule has 8 nitrogen and oxygen atoms in total. The van der Waals surface area contributed by atoms with Crippen LogP contribution in [0.5, 0.6) is 0 Å². The van der Waals surface area contributed by atoms with Gasteiger partial charge in [-0.15, -0.1) is 11.3 Å². The first kappa shape index (κ1) is 32.2. The number of aryl methyl sites for hydroxylation is 1. The molecule has 3 amide bonds. The van der Waals surface area contributed by atoms with Crippen LogP contribution in [0.3, 0.4) is 0 Å². The minimum Gasteiger partial charge on any atom is -0.391 e. The summed E-state index contributed by atoms with van der Waals surface area (Å²) in [5, 5.41) is 17.4. The molecule has 0 aliphatic carbocycles. The Bertz CT molecular complexity index is 1150. The molecule has 0 spiro atoms. The number of hydrogen-bond acceptors (Lipinski definition) is 6. The number of aromatic nitrogens is 1. The Hall–Kier alpha value is -2.30. The van der Waals surface area contributed by atoms with Crippen molar-refractivity contribution in [1.82, 2.24) is 20.5 Å². The van der Waals surface area contributed by atoms with Crippen LogP contribution in [0.25, 0.3) is 10.4 Å². The molecular formula is C30H43BrN4O4S. The van der Waals surface area contributed by atoms with Gasteiger partial charge in [-0.1, -0.05) is 73.8 Å². The highest BCUT2D eigenvalue weighted by Crippen LogP contribution is 2.29. The largest absolute Gasteiger partial charge is 0.391 e. The van der Waals surface area contributed by atoms with Gasteiger partial charge >= 0.3 is 0 Å². The number of alkyl halides is 1. The third-order valence-corrected chi connectivity index (χ3v) is 8.89. The molecule has 2 aromatic rings. The number of nitrogens with zero attached hydrogens (tertiary/aromatic N) is 2. The predicted molar refractivity (Wildman–Crippen MR) is 163 cm³/mol. The number of amides is 3. The number of hydrogen-bond donors (Lipinski definition) is 3. The Morgan fingerprint density at radius 1 is 1.12 bits per heavy atom. The first-order valence-corrected chi connectivity index (χ1v) is 16.1. The lowest BCUT2D eigenvalue weighted by molar-refractivity contribution is -0.144. The number of unbranched alkanes of at least 4 members (excludes halogenated alkanes) is 3. The van der Waals surface area contributed by atoms with Gasteiger partial charge in [-0.3, -0.25) is 14.4 Å². The molecule has 4 atom stereocenters. The van der Waals surface area contributed by atoms with Crippen molar-refractivity contribution >= 4 is 45.0 Å². The van der Waals surface area contributed by atoms with E-state index in [-0.39, 0.29) is 36.7 Å². The number of carbonyl (C=O) groups is 3. The van der Waals surface area contributed by atoms with Gasteiger partial charge in [0.25, 0.3) is 0 Å². The maximum Gasteiger partial charge on any atom is 0.246 e. The quantitative estimate of drug-likeness (QED) is 0.221. The number of aliphatic hydroxyl groups is 1. The number of carbonyl (C=O) groups excluding carboxylic acids is 3. The average molecular weight is 636 g/mol. The molecule has 40 heavy (non-hydrogen) atoms. The fourth-order valence-electron chi connectivity index (χ4n) is 4.98. The highest BCUT2D eigenvalue weighted by molar-refractivity contribution is 9.09. The van der Waals surface area contributed by atoms with E-state index in [1.54, 1.807) is 11.3 Å². The van der Waals surface area contributed by atoms with E-state index in [2.05, 4.69) is 31.5 Å². The Morgan fingerprint density at radius 3 is 2.40 bits per heavy atom. The van der Waals surface area contributed by atoms with Gasteiger partial charge in [-0.05, 0) is 43.2 Å². The number of aliphatic hydroxyl groups excluding tert-OH is 1. The van der Waals surface area contributed by atoms with E-state index in [9.17, 15) is 19.5 Å². The summed E-state index contributed by atoms with van der Waals surface area (Å²) in [4.78, 5) is 46.7. The molecular weight excluding hydrogens is 592 g/mol. The summed E-state index contributed by atoms with van der Waals surface area (Å²) in [7, 11) is 0. The van der Waals surface area contributed by atoms with Gasteiger partial charge < -0.3 is 20.6 Å². The minimum absolute atomic E-state index is 0.0587. The zero-order valence-corrected chi connectivity index (χ0v) is 26.6. The van der Waals surface area contributed by atoms with Gasteiger partial charge in [0, 0.05) is 24.7 Å². The lowest BCUT2D eigenvalue weighted by atomic mass is 9.85. The summed E-state index contributed by atoms with van der Waals surface area (Å²) >= 11 is 5.01. The van der Waals surface area contributed by atoms with E-state index >= 15 is 0 Å². The molecule has 1 aromatic heterocycles. The van der Waals surface area contributed by atoms with Crippen molar-refractivity contribution in [3.63, 3.8) is 0 Å². The second kappa shape index (κ2) is 14.5.